The van der Waals surface area contributed by atoms with E-state index in [9.17, 15) is 32.3 Å². The van der Waals surface area contributed by atoms with Crippen LogP contribution in [-0.4, -0.2) is 20.6 Å². The molecule has 0 spiro atoms. The van der Waals surface area contributed by atoms with Gasteiger partial charge >= 0.3 is 6.18 Å². The van der Waals surface area contributed by atoms with Gasteiger partial charge in [-0.05, 0) is 42.0 Å². The number of alkyl halides is 3. The van der Waals surface area contributed by atoms with Crippen molar-refractivity contribution < 1.29 is 27.5 Å². The van der Waals surface area contributed by atoms with Crippen LogP contribution in [-0.2, 0) is 12.7 Å². The second-order valence-electron chi connectivity index (χ2n) is 7.49. The standard InChI is InChI=1S/C24H14F4N4O3/c25-17-9-14(8-15(10-29)21(17)33)22(34)31-19-3-1-2-18-20(19)23(35)32(12-30-18)11-13-4-6-16(7-5-13)24(26,27)28/h1-9,12,33H,11H2,(H,31,34). The Hall–Kier alpha value is -4.72. The van der Waals surface area contributed by atoms with Crippen molar-refractivity contribution in [2.24, 2.45) is 0 Å². The van der Waals surface area contributed by atoms with Crippen LogP contribution >= 0.6 is 0 Å². The lowest BCUT2D eigenvalue weighted by molar-refractivity contribution is -0.137. The Morgan fingerprint density at radius 2 is 1.86 bits per heavy atom. The van der Waals surface area contributed by atoms with Gasteiger partial charge in [-0.2, -0.15) is 18.4 Å². The van der Waals surface area contributed by atoms with Gasteiger partial charge in [0, 0.05) is 5.56 Å². The van der Waals surface area contributed by atoms with E-state index in [4.69, 9.17) is 5.26 Å². The molecule has 0 aliphatic heterocycles. The number of fused-ring (bicyclic) bond motifs is 1. The monoisotopic (exact) mass is 482 g/mol. The number of aromatic hydroxyl groups is 1. The highest BCUT2D eigenvalue weighted by molar-refractivity contribution is 6.08. The number of nitrogens with one attached hydrogen (secondary N) is 1. The van der Waals surface area contributed by atoms with Crippen LogP contribution in [0.2, 0.25) is 0 Å². The van der Waals surface area contributed by atoms with Gasteiger partial charge in [0.15, 0.2) is 11.6 Å². The minimum absolute atomic E-state index is 0.0232. The van der Waals surface area contributed by atoms with Crippen LogP contribution in [0.15, 0.2) is 65.7 Å². The summed E-state index contributed by atoms with van der Waals surface area (Å²) in [5, 5.41) is 21.1. The van der Waals surface area contributed by atoms with Crippen molar-refractivity contribution in [3.8, 4) is 11.8 Å². The molecule has 0 aliphatic carbocycles. The molecule has 35 heavy (non-hydrogen) atoms. The van der Waals surface area contributed by atoms with Crippen molar-refractivity contribution in [2.75, 3.05) is 5.32 Å². The maximum Gasteiger partial charge on any atom is 0.416 e. The van der Waals surface area contributed by atoms with E-state index in [1.807, 2.05) is 0 Å². The highest BCUT2D eigenvalue weighted by Gasteiger charge is 2.30. The van der Waals surface area contributed by atoms with Crippen molar-refractivity contribution >= 4 is 22.5 Å². The Balaban J connectivity index is 1.68. The molecule has 1 aromatic heterocycles. The van der Waals surface area contributed by atoms with Gasteiger partial charge in [-0.3, -0.25) is 14.2 Å². The first-order valence-electron chi connectivity index (χ1n) is 9.96. The number of aromatic nitrogens is 2. The summed E-state index contributed by atoms with van der Waals surface area (Å²) in [5.74, 6) is -2.89. The van der Waals surface area contributed by atoms with Crippen LogP contribution in [0.25, 0.3) is 10.9 Å². The van der Waals surface area contributed by atoms with Crippen LogP contribution < -0.4 is 10.9 Å². The first-order chi connectivity index (χ1) is 16.6. The average Bonchev–Trinajstić information content (AvgIpc) is 2.82. The first kappa shape index (κ1) is 23.4. The van der Waals surface area contributed by atoms with Gasteiger partial charge in [-0.15, -0.1) is 0 Å². The van der Waals surface area contributed by atoms with Crippen LogP contribution in [0, 0.1) is 17.1 Å². The van der Waals surface area contributed by atoms with Crippen LogP contribution in [0.3, 0.4) is 0 Å². The lowest BCUT2D eigenvalue weighted by Gasteiger charge is -2.12. The number of amides is 1. The zero-order chi connectivity index (χ0) is 25.3. The van der Waals surface area contributed by atoms with Crippen molar-refractivity contribution in [3.63, 3.8) is 0 Å². The number of phenols is 1. The van der Waals surface area contributed by atoms with E-state index < -0.39 is 40.3 Å². The van der Waals surface area contributed by atoms with Crippen molar-refractivity contribution in [3.05, 3.63) is 99.3 Å². The van der Waals surface area contributed by atoms with Crippen LogP contribution in [0.5, 0.6) is 5.75 Å². The molecule has 0 unspecified atom stereocenters. The van der Waals surface area contributed by atoms with Gasteiger partial charge < -0.3 is 10.4 Å². The lowest BCUT2D eigenvalue weighted by atomic mass is 10.1. The molecule has 4 aromatic rings. The molecule has 0 fully saturated rings. The van der Waals surface area contributed by atoms with Crippen molar-refractivity contribution in [2.45, 2.75) is 12.7 Å². The van der Waals surface area contributed by atoms with Crippen molar-refractivity contribution in [1.82, 2.24) is 9.55 Å². The minimum atomic E-state index is -4.48. The molecule has 7 nitrogen and oxygen atoms in total. The van der Waals surface area contributed by atoms with E-state index in [0.717, 1.165) is 24.3 Å². The Kier molecular flexibility index (Phi) is 5.96. The number of nitrogens with zero attached hydrogens (tertiary/aromatic N) is 3. The topological polar surface area (TPSA) is 108 Å². The predicted molar refractivity (Wildman–Crippen MR) is 117 cm³/mol. The summed E-state index contributed by atoms with van der Waals surface area (Å²) in [6.07, 6.45) is -3.25. The molecule has 1 heterocycles. The zero-order valence-corrected chi connectivity index (χ0v) is 17.6. The normalized spacial score (nSPS) is 11.3. The van der Waals surface area contributed by atoms with Gasteiger partial charge in [0.25, 0.3) is 11.5 Å². The molecular weight excluding hydrogens is 468 g/mol. The largest absolute Gasteiger partial charge is 0.504 e. The summed E-state index contributed by atoms with van der Waals surface area (Å²) in [7, 11) is 0. The SMILES string of the molecule is N#Cc1cc(C(=O)Nc2cccc3ncn(Cc4ccc(C(F)(F)F)cc4)c(=O)c23)cc(F)c1O. The highest BCUT2D eigenvalue weighted by atomic mass is 19.4. The maximum absolute atomic E-state index is 13.9. The fourth-order valence-corrected chi connectivity index (χ4v) is 3.42. The number of hydrogen-bond acceptors (Lipinski definition) is 5. The quantitative estimate of drug-likeness (QED) is 0.419. The molecule has 0 saturated carbocycles. The summed E-state index contributed by atoms with van der Waals surface area (Å²) in [5.41, 5.74) is -1.37. The number of rotatable bonds is 4. The van der Waals surface area contributed by atoms with Gasteiger partial charge in [0.05, 0.1) is 40.6 Å². The number of benzene rings is 3. The third-order valence-electron chi connectivity index (χ3n) is 5.18. The van der Waals surface area contributed by atoms with Gasteiger partial charge in [-0.25, -0.2) is 9.37 Å². The van der Waals surface area contributed by atoms with Crippen LogP contribution in [0.1, 0.15) is 27.0 Å². The smallest absolute Gasteiger partial charge is 0.416 e. The van der Waals surface area contributed by atoms with E-state index in [0.29, 0.717) is 5.56 Å². The highest BCUT2D eigenvalue weighted by Crippen LogP contribution is 2.29. The first-order valence-corrected chi connectivity index (χ1v) is 9.96. The number of hydrogen-bond donors (Lipinski definition) is 2. The number of carbonyl (C=O) groups excluding carboxylic acids is 1. The number of halogens is 4. The molecule has 2 N–H and O–H groups in total. The zero-order valence-electron chi connectivity index (χ0n) is 17.6. The third-order valence-corrected chi connectivity index (χ3v) is 5.18. The summed E-state index contributed by atoms with van der Waals surface area (Å²) in [6.45, 7) is -0.0725. The Bertz CT molecular complexity index is 1560. The predicted octanol–water partition coefficient (Wildman–Crippen LogP) is 4.43. The summed E-state index contributed by atoms with van der Waals surface area (Å²) in [4.78, 5) is 30.0. The van der Waals surface area contributed by atoms with Crippen LogP contribution in [0.4, 0.5) is 23.2 Å². The Morgan fingerprint density at radius 3 is 2.51 bits per heavy atom. The molecule has 0 atom stereocenters. The van der Waals surface area contributed by atoms with E-state index in [-0.39, 0.29) is 28.7 Å². The molecule has 0 saturated heterocycles. The number of phenolic OH excluding ortho intramolecular Hbond substituents is 1. The summed E-state index contributed by atoms with van der Waals surface area (Å²) in [6, 6.07) is 12.1. The Morgan fingerprint density at radius 1 is 1.14 bits per heavy atom. The van der Waals surface area contributed by atoms with Gasteiger partial charge in [0.2, 0.25) is 0 Å². The molecule has 1 amide bonds. The molecule has 176 valence electrons. The molecule has 0 radical (unpaired) electrons. The molecule has 0 aliphatic rings. The van der Waals surface area contributed by atoms with E-state index in [1.54, 1.807) is 6.07 Å². The molecule has 4 rings (SSSR count). The lowest BCUT2D eigenvalue weighted by Crippen LogP contribution is -2.23. The molecule has 11 heteroatoms. The summed E-state index contributed by atoms with van der Waals surface area (Å²) < 4.78 is 53.4. The fourth-order valence-electron chi connectivity index (χ4n) is 3.42. The third kappa shape index (κ3) is 4.67. The number of carbonyl (C=O) groups is 1. The summed E-state index contributed by atoms with van der Waals surface area (Å²) >= 11 is 0. The molecule has 0 bridgehead atoms. The fraction of sp³-hybridized carbons (Fsp3) is 0.0833. The average molecular weight is 482 g/mol. The van der Waals surface area contributed by atoms with Crippen molar-refractivity contribution in [1.29, 1.82) is 5.26 Å². The minimum Gasteiger partial charge on any atom is -0.504 e. The second-order valence-corrected chi connectivity index (χ2v) is 7.49. The molecule has 3 aromatic carbocycles. The maximum atomic E-state index is 13.9. The Labute approximate surface area is 194 Å². The number of anilines is 1. The van der Waals surface area contributed by atoms with Gasteiger partial charge in [-0.1, -0.05) is 18.2 Å². The number of nitriles is 1. The van der Waals surface area contributed by atoms with E-state index >= 15 is 0 Å². The second kappa shape index (κ2) is 8.90. The molecular formula is C24H14F4N4O3. The van der Waals surface area contributed by atoms with Gasteiger partial charge in [0.1, 0.15) is 6.07 Å². The van der Waals surface area contributed by atoms with E-state index in [1.165, 1.54) is 41.2 Å². The van der Waals surface area contributed by atoms with E-state index in [2.05, 4.69) is 10.3 Å².